The SMILES string of the molecule is CNC[C@@H]1CCN(C(=O)CCCOc2ccccc2F)C1. The summed E-state index contributed by atoms with van der Waals surface area (Å²) in [5.74, 6) is 0.623. The molecule has 0 spiro atoms. The number of carbonyl (C=O) groups is 1. The van der Waals surface area contributed by atoms with Gasteiger partial charge in [-0.15, -0.1) is 0 Å². The quantitative estimate of drug-likeness (QED) is 0.783. The summed E-state index contributed by atoms with van der Waals surface area (Å²) < 4.78 is 18.7. The summed E-state index contributed by atoms with van der Waals surface area (Å²) in [6.45, 7) is 3.01. The Morgan fingerprint density at radius 2 is 2.29 bits per heavy atom. The lowest BCUT2D eigenvalue weighted by molar-refractivity contribution is -0.130. The van der Waals surface area contributed by atoms with Gasteiger partial charge < -0.3 is 15.0 Å². The molecule has 4 nitrogen and oxygen atoms in total. The Balaban J connectivity index is 1.65. The highest BCUT2D eigenvalue weighted by Gasteiger charge is 2.25. The lowest BCUT2D eigenvalue weighted by Crippen LogP contribution is -2.30. The molecular formula is C16H23FN2O2. The van der Waals surface area contributed by atoms with E-state index in [1.54, 1.807) is 18.2 Å². The summed E-state index contributed by atoms with van der Waals surface area (Å²) in [7, 11) is 1.94. The van der Waals surface area contributed by atoms with E-state index in [1.807, 2.05) is 11.9 Å². The largest absolute Gasteiger partial charge is 0.491 e. The molecule has 0 radical (unpaired) electrons. The molecular weight excluding hydrogens is 271 g/mol. The number of likely N-dealkylation sites (tertiary alicyclic amines) is 1. The molecule has 1 heterocycles. The lowest BCUT2D eigenvalue weighted by Gasteiger charge is -2.16. The van der Waals surface area contributed by atoms with Crippen LogP contribution in [0.4, 0.5) is 4.39 Å². The van der Waals surface area contributed by atoms with Crippen molar-refractivity contribution in [2.45, 2.75) is 19.3 Å². The van der Waals surface area contributed by atoms with Crippen LogP contribution in [-0.4, -0.2) is 44.1 Å². The van der Waals surface area contributed by atoms with Crippen LogP contribution in [-0.2, 0) is 4.79 Å². The standard InChI is InChI=1S/C16H23FN2O2/c1-18-11-13-8-9-19(12-13)16(20)7-4-10-21-15-6-3-2-5-14(15)17/h2-3,5-6,13,18H,4,7-12H2,1H3/t13-/m0/s1. The number of benzene rings is 1. The van der Waals surface area contributed by atoms with Crippen LogP contribution in [0.3, 0.4) is 0 Å². The number of para-hydroxylation sites is 1. The minimum atomic E-state index is -0.363. The highest BCUT2D eigenvalue weighted by molar-refractivity contribution is 5.76. The summed E-state index contributed by atoms with van der Waals surface area (Å²) >= 11 is 0. The molecule has 1 aliphatic rings. The number of rotatable bonds is 7. The van der Waals surface area contributed by atoms with Gasteiger partial charge >= 0.3 is 0 Å². The third-order valence-electron chi connectivity index (χ3n) is 3.76. The molecule has 0 saturated carbocycles. The number of halogens is 1. The molecule has 1 amide bonds. The number of carbonyl (C=O) groups excluding carboxylic acids is 1. The molecule has 0 bridgehead atoms. The van der Waals surface area contributed by atoms with Gasteiger partial charge in [0.25, 0.3) is 0 Å². The molecule has 0 aliphatic carbocycles. The third-order valence-corrected chi connectivity index (χ3v) is 3.76. The number of amides is 1. The maximum atomic E-state index is 13.3. The average Bonchev–Trinajstić information content (AvgIpc) is 2.94. The third kappa shape index (κ3) is 4.70. The molecule has 5 heteroatoms. The highest BCUT2D eigenvalue weighted by atomic mass is 19.1. The Morgan fingerprint density at radius 3 is 3.05 bits per heavy atom. The van der Waals surface area contributed by atoms with Gasteiger partial charge in [0, 0.05) is 19.5 Å². The predicted octanol–water partition coefficient (Wildman–Crippen LogP) is 2.05. The molecule has 0 unspecified atom stereocenters. The van der Waals surface area contributed by atoms with Crippen molar-refractivity contribution >= 4 is 5.91 Å². The van der Waals surface area contributed by atoms with E-state index in [2.05, 4.69) is 5.32 Å². The molecule has 116 valence electrons. The summed E-state index contributed by atoms with van der Waals surface area (Å²) in [6.07, 6.45) is 2.14. The first kappa shape index (κ1) is 15.8. The van der Waals surface area contributed by atoms with Crippen LogP contribution in [0.25, 0.3) is 0 Å². The van der Waals surface area contributed by atoms with Crippen molar-refractivity contribution in [1.29, 1.82) is 0 Å². The number of ether oxygens (including phenoxy) is 1. The van der Waals surface area contributed by atoms with Crippen LogP contribution >= 0.6 is 0 Å². The lowest BCUT2D eigenvalue weighted by atomic mass is 10.1. The van der Waals surface area contributed by atoms with Crippen LogP contribution < -0.4 is 10.1 Å². The van der Waals surface area contributed by atoms with Gasteiger partial charge in [-0.2, -0.15) is 0 Å². The zero-order valence-electron chi connectivity index (χ0n) is 12.5. The van der Waals surface area contributed by atoms with Gasteiger partial charge in [-0.3, -0.25) is 4.79 Å². The number of nitrogens with one attached hydrogen (secondary N) is 1. The molecule has 21 heavy (non-hydrogen) atoms. The maximum absolute atomic E-state index is 13.3. The maximum Gasteiger partial charge on any atom is 0.222 e. The minimum Gasteiger partial charge on any atom is -0.491 e. The normalized spacial score (nSPS) is 18.0. The zero-order valence-corrected chi connectivity index (χ0v) is 12.5. The van der Waals surface area contributed by atoms with Crippen molar-refractivity contribution in [2.24, 2.45) is 5.92 Å². The minimum absolute atomic E-state index is 0.172. The number of hydrogen-bond donors (Lipinski definition) is 1. The van der Waals surface area contributed by atoms with E-state index >= 15 is 0 Å². The summed E-state index contributed by atoms with van der Waals surface area (Å²) in [4.78, 5) is 14.0. The van der Waals surface area contributed by atoms with E-state index in [1.165, 1.54) is 6.07 Å². The van der Waals surface area contributed by atoms with E-state index in [-0.39, 0.29) is 17.5 Å². The van der Waals surface area contributed by atoms with E-state index in [4.69, 9.17) is 4.74 Å². The van der Waals surface area contributed by atoms with E-state index in [0.29, 0.717) is 25.4 Å². The van der Waals surface area contributed by atoms with Gasteiger partial charge in [0.05, 0.1) is 6.61 Å². The van der Waals surface area contributed by atoms with Crippen molar-refractivity contribution in [3.8, 4) is 5.75 Å². The second kappa shape index (κ2) is 7.98. The second-order valence-corrected chi connectivity index (χ2v) is 5.43. The first-order chi connectivity index (χ1) is 10.2. The van der Waals surface area contributed by atoms with Crippen molar-refractivity contribution in [3.63, 3.8) is 0 Å². The topological polar surface area (TPSA) is 41.6 Å². The molecule has 1 saturated heterocycles. The Bertz CT molecular complexity index is 467. The Kier molecular flexibility index (Phi) is 5.99. The van der Waals surface area contributed by atoms with Crippen LogP contribution in [0, 0.1) is 11.7 Å². The summed E-state index contributed by atoms with van der Waals surface area (Å²) in [5, 5.41) is 3.15. The zero-order chi connectivity index (χ0) is 15.1. The Morgan fingerprint density at radius 1 is 1.48 bits per heavy atom. The van der Waals surface area contributed by atoms with Gasteiger partial charge in [-0.25, -0.2) is 4.39 Å². The number of nitrogens with zero attached hydrogens (tertiary/aromatic N) is 1. The van der Waals surface area contributed by atoms with Gasteiger partial charge in [0.1, 0.15) is 0 Å². The molecule has 2 rings (SSSR count). The van der Waals surface area contributed by atoms with Gasteiger partial charge in [0.2, 0.25) is 5.91 Å². The summed E-state index contributed by atoms with van der Waals surface area (Å²) in [5.41, 5.74) is 0. The fourth-order valence-corrected chi connectivity index (χ4v) is 2.64. The number of hydrogen-bond acceptors (Lipinski definition) is 3. The fourth-order valence-electron chi connectivity index (χ4n) is 2.64. The second-order valence-electron chi connectivity index (χ2n) is 5.43. The first-order valence-electron chi connectivity index (χ1n) is 7.50. The van der Waals surface area contributed by atoms with Crippen LogP contribution in [0.2, 0.25) is 0 Å². The van der Waals surface area contributed by atoms with Crippen molar-refractivity contribution in [2.75, 3.05) is 33.3 Å². The van der Waals surface area contributed by atoms with Gasteiger partial charge in [-0.1, -0.05) is 12.1 Å². The highest BCUT2D eigenvalue weighted by Crippen LogP contribution is 2.18. The van der Waals surface area contributed by atoms with Crippen molar-refractivity contribution in [3.05, 3.63) is 30.1 Å². The molecule has 1 N–H and O–H groups in total. The molecule has 1 aromatic rings. The molecule has 1 aromatic carbocycles. The monoisotopic (exact) mass is 294 g/mol. The molecule has 1 atom stereocenters. The molecule has 0 aromatic heterocycles. The fraction of sp³-hybridized carbons (Fsp3) is 0.562. The smallest absolute Gasteiger partial charge is 0.222 e. The van der Waals surface area contributed by atoms with Crippen LogP contribution in [0.15, 0.2) is 24.3 Å². The predicted molar refractivity (Wildman–Crippen MR) is 79.7 cm³/mol. The Labute approximate surface area is 125 Å². The molecule has 1 fully saturated rings. The van der Waals surface area contributed by atoms with E-state index in [0.717, 1.165) is 26.1 Å². The van der Waals surface area contributed by atoms with Gasteiger partial charge in [0.15, 0.2) is 11.6 Å². The average molecular weight is 294 g/mol. The first-order valence-corrected chi connectivity index (χ1v) is 7.50. The molecule has 1 aliphatic heterocycles. The van der Waals surface area contributed by atoms with Gasteiger partial charge in [-0.05, 0) is 44.5 Å². The van der Waals surface area contributed by atoms with E-state index in [9.17, 15) is 9.18 Å². The van der Waals surface area contributed by atoms with E-state index < -0.39 is 0 Å². The summed E-state index contributed by atoms with van der Waals surface area (Å²) in [6, 6.07) is 6.32. The van der Waals surface area contributed by atoms with Crippen LogP contribution in [0.1, 0.15) is 19.3 Å². The Hall–Kier alpha value is -1.62. The van der Waals surface area contributed by atoms with Crippen molar-refractivity contribution in [1.82, 2.24) is 10.2 Å². The van der Waals surface area contributed by atoms with Crippen molar-refractivity contribution < 1.29 is 13.9 Å². The van der Waals surface area contributed by atoms with Crippen LogP contribution in [0.5, 0.6) is 5.75 Å².